The van der Waals surface area contributed by atoms with Gasteiger partial charge in [0.05, 0.1) is 10.6 Å². The first kappa shape index (κ1) is 21.4. The van der Waals surface area contributed by atoms with Crippen LogP contribution in [0.4, 0.5) is 11.4 Å². The number of anilines is 1. The largest absolute Gasteiger partial charge is 0.378 e. The second-order valence-electron chi connectivity index (χ2n) is 7.28. The maximum absolute atomic E-state index is 12.1. The van der Waals surface area contributed by atoms with Crippen LogP contribution in [0.2, 0.25) is 0 Å². The predicted molar refractivity (Wildman–Crippen MR) is 109 cm³/mol. The first-order chi connectivity index (χ1) is 13.3. The smallest absolute Gasteiger partial charge is 0.292 e. The van der Waals surface area contributed by atoms with Crippen LogP contribution in [0.3, 0.4) is 0 Å². The second-order valence-corrected chi connectivity index (χ2v) is 7.28. The third-order valence-electron chi connectivity index (χ3n) is 4.53. The molecule has 0 radical (unpaired) electrons. The number of benzene rings is 1. The normalized spacial score (nSPS) is 10.9. The number of rotatable bonds is 10. The van der Waals surface area contributed by atoms with E-state index in [2.05, 4.69) is 29.6 Å². The molecule has 1 aromatic heterocycles. The van der Waals surface area contributed by atoms with Crippen molar-refractivity contribution in [3.8, 4) is 0 Å². The van der Waals surface area contributed by atoms with E-state index in [1.807, 2.05) is 18.5 Å². The molecule has 0 saturated carbocycles. The molecule has 2 N–H and O–H groups in total. The van der Waals surface area contributed by atoms with Crippen LogP contribution in [0.15, 0.2) is 24.3 Å². The zero-order chi connectivity index (χ0) is 20.7. The van der Waals surface area contributed by atoms with Gasteiger partial charge in [0, 0.05) is 37.8 Å². The minimum Gasteiger partial charge on any atom is -0.378 e. The number of carbonyl (C=O) groups excluding carboxylic acids is 1. The molecule has 152 valence electrons. The topological polar surface area (TPSA) is 102 Å². The summed E-state index contributed by atoms with van der Waals surface area (Å²) in [6, 6.07) is 6.46. The van der Waals surface area contributed by atoms with E-state index in [0.717, 1.165) is 23.5 Å². The van der Waals surface area contributed by atoms with Crippen LogP contribution >= 0.6 is 0 Å². The monoisotopic (exact) mass is 387 g/mol. The van der Waals surface area contributed by atoms with Gasteiger partial charge in [0.2, 0.25) is 5.91 Å². The molecule has 0 aliphatic rings. The van der Waals surface area contributed by atoms with Crippen LogP contribution in [-0.4, -0.2) is 33.7 Å². The molecule has 0 saturated heterocycles. The summed E-state index contributed by atoms with van der Waals surface area (Å²) in [6.07, 6.45) is 1.04. The van der Waals surface area contributed by atoms with Gasteiger partial charge < -0.3 is 10.6 Å². The minimum absolute atomic E-state index is 0.0261. The van der Waals surface area contributed by atoms with E-state index in [1.54, 1.807) is 18.2 Å². The Morgan fingerprint density at radius 1 is 1.25 bits per heavy atom. The number of hydrogen-bond donors (Lipinski definition) is 2. The summed E-state index contributed by atoms with van der Waals surface area (Å²) in [4.78, 5) is 22.7. The molecule has 2 aromatic rings. The standard InChI is InChI=1S/C20H29N5O3/c1-14(2)13-24-16(4)17(15(3)23-24)9-10-20(26)22-12-11-21-18-7-5-6-8-19(18)25(27)28/h5-8,14,21H,9-13H2,1-4H3,(H,22,26). The SMILES string of the molecule is Cc1nn(CC(C)C)c(C)c1CCC(=O)NCCNc1ccccc1[N+](=O)[O-]. The highest BCUT2D eigenvalue weighted by Crippen LogP contribution is 2.22. The van der Waals surface area contributed by atoms with Crippen LogP contribution in [0.5, 0.6) is 0 Å². The Balaban J connectivity index is 1.78. The lowest BCUT2D eigenvalue weighted by Crippen LogP contribution is -2.29. The summed E-state index contributed by atoms with van der Waals surface area (Å²) in [7, 11) is 0. The van der Waals surface area contributed by atoms with Crippen molar-refractivity contribution in [3.63, 3.8) is 0 Å². The van der Waals surface area contributed by atoms with Gasteiger partial charge in [0.1, 0.15) is 5.69 Å². The van der Waals surface area contributed by atoms with Crippen LogP contribution in [0, 0.1) is 29.9 Å². The van der Waals surface area contributed by atoms with E-state index < -0.39 is 4.92 Å². The summed E-state index contributed by atoms with van der Waals surface area (Å²) >= 11 is 0. The van der Waals surface area contributed by atoms with Gasteiger partial charge in [-0.2, -0.15) is 5.10 Å². The molecule has 8 heteroatoms. The van der Waals surface area contributed by atoms with Gasteiger partial charge in [-0.05, 0) is 37.8 Å². The molecule has 0 aliphatic carbocycles. The highest BCUT2D eigenvalue weighted by atomic mass is 16.6. The number of nitrogens with zero attached hydrogens (tertiary/aromatic N) is 3. The molecule has 0 bridgehead atoms. The summed E-state index contributed by atoms with van der Waals surface area (Å²) in [5.41, 5.74) is 3.71. The number of hydrogen-bond acceptors (Lipinski definition) is 5. The zero-order valence-electron chi connectivity index (χ0n) is 17.0. The van der Waals surface area contributed by atoms with Crippen molar-refractivity contribution in [2.75, 3.05) is 18.4 Å². The quantitative estimate of drug-likeness (QED) is 0.370. The maximum Gasteiger partial charge on any atom is 0.292 e. The van der Waals surface area contributed by atoms with E-state index in [4.69, 9.17) is 0 Å². The molecule has 28 heavy (non-hydrogen) atoms. The zero-order valence-corrected chi connectivity index (χ0v) is 17.0. The van der Waals surface area contributed by atoms with Crippen LogP contribution in [0.25, 0.3) is 0 Å². The van der Waals surface area contributed by atoms with Gasteiger partial charge in [-0.3, -0.25) is 19.6 Å². The van der Waals surface area contributed by atoms with E-state index >= 15 is 0 Å². The summed E-state index contributed by atoms with van der Waals surface area (Å²) < 4.78 is 2.02. The summed E-state index contributed by atoms with van der Waals surface area (Å²) in [6.45, 7) is 10.0. The molecule has 2 rings (SSSR count). The fourth-order valence-electron chi connectivity index (χ4n) is 3.13. The fraction of sp³-hybridized carbons (Fsp3) is 0.500. The lowest BCUT2D eigenvalue weighted by molar-refractivity contribution is -0.384. The molecule has 0 spiro atoms. The van der Waals surface area contributed by atoms with Crippen LogP contribution in [0.1, 0.15) is 37.2 Å². The molecule has 0 fully saturated rings. The van der Waals surface area contributed by atoms with E-state index in [0.29, 0.717) is 37.5 Å². The highest BCUT2D eigenvalue weighted by molar-refractivity contribution is 5.76. The van der Waals surface area contributed by atoms with Gasteiger partial charge in [-0.25, -0.2) is 0 Å². The van der Waals surface area contributed by atoms with Crippen molar-refractivity contribution in [3.05, 3.63) is 51.3 Å². The average molecular weight is 387 g/mol. The van der Waals surface area contributed by atoms with Gasteiger partial charge >= 0.3 is 0 Å². The average Bonchev–Trinajstić information content (AvgIpc) is 2.89. The Kier molecular flexibility index (Phi) is 7.54. The third-order valence-corrected chi connectivity index (χ3v) is 4.53. The molecule has 0 atom stereocenters. The minimum atomic E-state index is -0.426. The highest BCUT2D eigenvalue weighted by Gasteiger charge is 2.14. The Labute approximate surface area is 165 Å². The van der Waals surface area contributed by atoms with Gasteiger partial charge in [0.25, 0.3) is 5.69 Å². The van der Waals surface area contributed by atoms with Gasteiger partial charge in [0.15, 0.2) is 0 Å². The van der Waals surface area contributed by atoms with E-state index in [1.165, 1.54) is 6.07 Å². The van der Waals surface area contributed by atoms with Crippen LogP contribution in [-0.2, 0) is 17.8 Å². The second kappa shape index (κ2) is 9.87. The third kappa shape index (κ3) is 5.80. The first-order valence-electron chi connectivity index (χ1n) is 9.56. The molecular formula is C20H29N5O3. The predicted octanol–water partition coefficient (Wildman–Crippen LogP) is 3.23. The molecule has 0 aliphatic heterocycles. The van der Waals surface area contributed by atoms with Crippen molar-refractivity contribution in [2.24, 2.45) is 5.92 Å². The molecular weight excluding hydrogens is 358 g/mol. The van der Waals surface area contributed by atoms with Crippen molar-refractivity contribution in [1.29, 1.82) is 0 Å². The fourth-order valence-corrected chi connectivity index (χ4v) is 3.13. The maximum atomic E-state index is 12.1. The number of nitro groups is 1. The number of aryl methyl sites for hydroxylation is 1. The van der Waals surface area contributed by atoms with Crippen molar-refractivity contribution < 1.29 is 9.72 Å². The van der Waals surface area contributed by atoms with Crippen molar-refractivity contribution >= 4 is 17.3 Å². The number of para-hydroxylation sites is 2. The van der Waals surface area contributed by atoms with Crippen molar-refractivity contribution in [2.45, 2.75) is 47.1 Å². The number of aromatic nitrogens is 2. The lowest BCUT2D eigenvalue weighted by Gasteiger charge is -2.09. The van der Waals surface area contributed by atoms with Gasteiger partial charge in [-0.1, -0.05) is 26.0 Å². The molecule has 1 heterocycles. The van der Waals surface area contributed by atoms with Gasteiger partial charge in [-0.15, -0.1) is 0 Å². The molecule has 0 unspecified atom stereocenters. The van der Waals surface area contributed by atoms with Crippen LogP contribution < -0.4 is 10.6 Å². The van der Waals surface area contributed by atoms with Crippen molar-refractivity contribution in [1.82, 2.24) is 15.1 Å². The van der Waals surface area contributed by atoms with E-state index in [-0.39, 0.29) is 11.6 Å². The number of nitrogens with one attached hydrogen (secondary N) is 2. The number of nitro benzene ring substituents is 1. The Hall–Kier alpha value is -2.90. The molecule has 1 aromatic carbocycles. The summed E-state index contributed by atoms with van der Waals surface area (Å²) in [5.74, 6) is 0.474. The Morgan fingerprint density at radius 2 is 1.96 bits per heavy atom. The van der Waals surface area contributed by atoms with E-state index in [9.17, 15) is 14.9 Å². The molecule has 8 nitrogen and oxygen atoms in total. The Morgan fingerprint density at radius 3 is 2.64 bits per heavy atom. The number of carbonyl (C=O) groups is 1. The molecule has 1 amide bonds. The summed E-state index contributed by atoms with van der Waals surface area (Å²) in [5, 5.41) is 21.4. The first-order valence-corrected chi connectivity index (χ1v) is 9.56. The number of amides is 1. The Bertz CT molecular complexity index is 829. The lowest BCUT2D eigenvalue weighted by atomic mass is 10.1.